The van der Waals surface area contributed by atoms with Crippen LogP contribution in [-0.2, 0) is 0 Å². The summed E-state index contributed by atoms with van der Waals surface area (Å²) in [6.45, 7) is 3.97. The van der Waals surface area contributed by atoms with Crippen LogP contribution >= 0.6 is 0 Å². The van der Waals surface area contributed by atoms with Gasteiger partial charge >= 0.3 is 0 Å². The molecule has 0 saturated carbocycles. The van der Waals surface area contributed by atoms with Crippen molar-refractivity contribution in [2.45, 2.75) is 13.8 Å². The van der Waals surface area contributed by atoms with E-state index in [0.717, 1.165) is 16.8 Å². The highest BCUT2D eigenvalue weighted by Gasteiger charge is 2.10. The second-order valence-corrected chi connectivity index (χ2v) is 5.83. The molecule has 0 fully saturated rings. The van der Waals surface area contributed by atoms with E-state index in [1.165, 1.54) is 6.20 Å². The third-order valence-electron chi connectivity index (χ3n) is 4.07. The third-order valence-corrected chi connectivity index (χ3v) is 4.07. The molecule has 0 spiro atoms. The monoisotopic (exact) mass is 359 g/mol. The summed E-state index contributed by atoms with van der Waals surface area (Å²) in [5.41, 5.74) is 4.28. The second kappa shape index (κ2) is 7.93. The Kier molecular flexibility index (Phi) is 5.23. The van der Waals surface area contributed by atoms with Gasteiger partial charge < -0.3 is 10.6 Å². The predicted molar refractivity (Wildman–Crippen MR) is 102 cm³/mol. The van der Waals surface area contributed by atoms with Crippen LogP contribution in [-0.4, -0.2) is 26.5 Å². The van der Waals surface area contributed by atoms with Crippen LogP contribution in [0.15, 0.2) is 48.7 Å². The summed E-state index contributed by atoms with van der Waals surface area (Å²) >= 11 is 0. The smallest absolute Gasteiger partial charge is 0.255 e. The van der Waals surface area contributed by atoms with E-state index in [1.54, 1.807) is 24.3 Å². The molecule has 0 atom stereocenters. The lowest BCUT2D eigenvalue weighted by atomic mass is 10.1. The fourth-order valence-electron chi connectivity index (χ4n) is 2.41. The number of hydrogen-bond donors (Lipinski definition) is 3. The Balaban J connectivity index is 1.76. The van der Waals surface area contributed by atoms with E-state index in [-0.39, 0.29) is 17.3 Å². The van der Waals surface area contributed by atoms with E-state index in [4.69, 9.17) is 0 Å². The summed E-state index contributed by atoms with van der Waals surface area (Å²) < 4.78 is 0. The zero-order chi connectivity index (χ0) is 19.2. The lowest BCUT2D eigenvalue weighted by Gasteiger charge is -2.11. The molecule has 0 aliphatic carbocycles. The van der Waals surface area contributed by atoms with E-state index < -0.39 is 0 Å². The zero-order valence-corrected chi connectivity index (χ0v) is 14.8. The van der Waals surface area contributed by atoms with Gasteiger partial charge in [0.05, 0.1) is 0 Å². The number of carbonyl (C=O) groups is 1. The van der Waals surface area contributed by atoms with Gasteiger partial charge in [-0.15, -0.1) is 10.2 Å². The first kappa shape index (κ1) is 17.8. The number of rotatable bonds is 5. The lowest BCUT2D eigenvalue weighted by molar-refractivity contribution is 0.102. The van der Waals surface area contributed by atoms with Gasteiger partial charge in [0.25, 0.3) is 5.91 Å². The number of carbonyl (C=O) groups excluding carboxylic acids is 1. The van der Waals surface area contributed by atoms with Crippen molar-refractivity contribution in [1.82, 2.24) is 20.6 Å². The van der Waals surface area contributed by atoms with E-state index in [2.05, 4.69) is 31.3 Å². The van der Waals surface area contributed by atoms with Crippen LogP contribution in [0.1, 0.15) is 27.3 Å². The number of aryl methyl sites for hydroxylation is 1. The Morgan fingerprint density at radius 1 is 1.22 bits per heavy atom. The number of benzene rings is 2. The minimum absolute atomic E-state index is 0.189. The van der Waals surface area contributed by atoms with Crippen molar-refractivity contribution < 1.29 is 4.79 Å². The molecular weight excluding hydrogens is 342 g/mol. The molecule has 1 aromatic heterocycles. The molecule has 134 valence electrons. The number of H-pyrrole nitrogens is 1. The van der Waals surface area contributed by atoms with Crippen LogP contribution in [0, 0.1) is 25.2 Å². The van der Waals surface area contributed by atoms with Crippen molar-refractivity contribution in [3.63, 3.8) is 0 Å². The van der Waals surface area contributed by atoms with Crippen molar-refractivity contribution in [3.05, 3.63) is 71.2 Å². The van der Waals surface area contributed by atoms with Gasteiger partial charge in [0.2, 0.25) is 5.82 Å². The average molecular weight is 359 g/mol. The SMILES string of the molecule is Cc1cccc(NC(=O)c2cccc(NC=C(C#N)c3nn[nH]n3)c2)c1C. The van der Waals surface area contributed by atoms with Gasteiger partial charge in [-0.1, -0.05) is 18.2 Å². The molecule has 27 heavy (non-hydrogen) atoms. The molecule has 3 N–H and O–H groups in total. The summed E-state index contributed by atoms with van der Waals surface area (Å²) in [6.07, 6.45) is 1.46. The van der Waals surface area contributed by atoms with E-state index >= 15 is 0 Å². The first-order valence-electron chi connectivity index (χ1n) is 8.16. The Morgan fingerprint density at radius 2 is 2.04 bits per heavy atom. The molecule has 2 aromatic carbocycles. The fraction of sp³-hybridized carbons (Fsp3) is 0.105. The molecule has 1 amide bonds. The number of nitriles is 1. The molecule has 0 aliphatic rings. The van der Waals surface area contributed by atoms with Crippen LogP contribution < -0.4 is 10.6 Å². The molecule has 8 nitrogen and oxygen atoms in total. The zero-order valence-electron chi connectivity index (χ0n) is 14.8. The Labute approximate surface area is 155 Å². The summed E-state index contributed by atoms with van der Waals surface area (Å²) in [4.78, 5) is 12.6. The summed E-state index contributed by atoms with van der Waals surface area (Å²) in [7, 11) is 0. The number of aromatic amines is 1. The highest BCUT2D eigenvalue weighted by atomic mass is 16.1. The molecule has 0 radical (unpaired) electrons. The number of amides is 1. The van der Waals surface area contributed by atoms with Gasteiger partial charge in [-0.2, -0.15) is 10.5 Å². The largest absolute Gasteiger partial charge is 0.360 e. The van der Waals surface area contributed by atoms with Crippen molar-refractivity contribution in [3.8, 4) is 6.07 Å². The average Bonchev–Trinajstić information content (AvgIpc) is 3.21. The highest BCUT2D eigenvalue weighted by Crippen LogP contribution is 2.20. The number of anilines is 2. The summed E-state index contributed by atoms with van der Waals surface area (Å²) in [5.74, 6) is -0.0242. The Morgan fingerprint density at radius 3 is 2.78 bits per heavy atom. The first-order valence-corrected chi connectivity index (χ1v) is 8.16. The summed E-state index contributed by atoms with van der Waals surface area (Å²) in [6, 6.07) is 14.7. The third kappa shape index (κ3) is 4.16. The topological polar surface area (TPSA) is 119 Å². The minimum Gasteiger partial charge on any atom is -0.360 e. The van der Waals surface area contributed by atoms with Gasteiger partial charge in [-0.05, 0) is 54.5 Å². The maximum absolute atomic E-state index is 12.6. The number of aromatic nitrogens is 4. The Hall–Kier alpha value is -3.99. The number of hydrogen-bond acceptors (Lipinski definition) is 6. The normalized spacial score (nSPS) is 10.9. The van der Waals surface area contributed by atoms with Crippen molar-refractivity contribution in [2.75, 3.05) is 10.6 Å². The number of nitrogens with zero attached hydrogens (tertiary/aromatic N) is 4. The highest BCUT2D eigenvalue weighted by molar-refractivity contribution is 6.05. The molecular formula is C19H17N7O. The maximum atomic E-state index is 12.6. The predicted octanol–water partition coefficient (Wildman–Crippen LogP) is 3.05. The van der Waals surface area contributed by atoms with Crippen molar-refractivity contribution >= 4 is 22.9 Å². The maximum Gasteiger partial charge on any atom is 0.255 e. The number of allylic oxidation sites excluding steroid dienone is 1. The quantitative estimate of drug-likeness (QED) is 0.602. The van der Waals surface area contributed by atoms with E-state index in [9.17, 15) is 10.1 Å². The molecule has 1 heterocycles. The van der Waals surface area contributed by atoms with Gasteiger partial charge in [-0.3, -0.25) is 4.79 Å². The number of tetrazole rings is 1. The van der Waals surface area contributed by atoms with Crippen LogP contribution in [0.2, 0.25) is 0 Å². The van der Waals surface area contributed by atoms with Crippen LogP contribution in [0.5, 0.6) is 0 Å². The van der Waals surface area contributed by atoms with Crippen molar-refractivity contribution in [1.29, 1.82) is 5.26 Å². The van der Waals surface area contributed by atoms with Crippen LogP contribution in [0.4, 0.5) is 11.4 Å². The number of nitrogens with one attached hydrogen (secondary N) is 3. The Bertz CT molecular complexity index is 1030. The minimum atomic E-state index is -0.213. The van der Waals surface area contributed by atoms with Crippen LogP contribution in [0.25, 0.3) is 5.57 Å². The van der Waals surface area contributed by atoms with Gasteiger partial charge in [0.15, 0.2) is 0 Å². The molecule has 0 bridgehead atoms. The summed E-state index contributed by atoms with van der Waals surface area (Å²) in [5, 5.41) is 28.3. The second-order valence-electron chi connectivity index (χ2n) is 5.83. The molecule has 3 aromatic rings. The van der Waals surface area contributed by atoms with Gasteiger partial charge in [-0.25, -0.2) is 0 Å². The van der Waals surface area contributed by atoms with Gasteiger partial charge in [0.1, 0.15) is 11.6 Å². The molecule has 0 saturated heterocycles. The molecule has 8 heteroatoms. The molecule has 3 rings (SSSR count). The first-order chi connectivity index (χ1) is 13.1. The standard InChI is InChI=1S/C19H17N7O/c1-12-5-3-8-17(13(12)2)22-19(27)14-6-4-7-16(9-14)21-11-15(10-20)18-23-25-26-24-18/h3-9,11,21H,1-2H3,(H,22,27)(H,23,24,25,26). The van der Waals surface area contributed by atoms with E-state index in [1.807, 2.05) is 38.1 Å². The van der Waals surface area contributed by atoms with Crippen molar-refractivity contribution in [2.24, 2.45) is 0 Å². The van der Waals surface area contributed by atoms with Crippen LogP contribution in [0.3, 0.4) is 0 Å². The van der Waals surface area contributed by atoms with E-state index in [0.29, 0.717) is 11.3 Å². The molecule has 0 unspecified atom stereocenters. The lowest BCUT2D eigenvalue weighted by Crippen LogP contribution is -2.13. The molecule has 0 aliphatic heterocycles. The van der Waals surface area contributed by atoms with Gasteiger partial charge in [0, 0.05) is 23.1 Å². The fourth-order valence-corrected chi connectivity index (χ4v) is 2.41.